The Morgan fingerprint density at radius 1 is 1.40 bits per heavy atom. The fraction of sp³-hybridized carbons (Fsp3) is 0.500. The van der Waals surface area contributed by atoms with Crippen molar-refractivity contribution < 1.29 is 4.52 Å². The van der Waals surface area contributed by atoms with Crippen LogP contribution in [-0.2, 0) is 0 Å². The number of aromatic amines is 1. The molecule has 3 N–H and O–H groups in total. The molecule has 0 bridgehead atoms. The number of H-pyrrole nitrogens is 1. The van der Waals surface area contributed by atoms with Crippen LogP contribution in [0, 0.1) is 0 Å². The summed E-state index contributed by atoms with van der Waals surface area (Å²) in [6, 6.07) is 2.55. The predicted molar refractivity (Wildman–Crippen MR) is 72.9 cm³/mol. The zero-order valence-corrected chi connectivity index (χ0v) is 11.5. The molecule has 0 saturated heterocycles. The Bertz CT molecular complexity index is 583. The van der Waals surface area contributed by atoms with Gasteiger partial charge in [0, 0.05) is 12.6 Å². The van der Waals surface area contributed by atoms with Crippen LogP contribution >= 0.6 is 0 Å². The summed E-state index contributed by atoms with van der Waals surface area (Å²) < 4.78 is 5.12. The van der Waals surface area contributed by atoms with Gasteiger partial charge in [-0.3, -0.25) is 4.79 Å². The average Bonchev–Trinajstić information content (AvgIpc) is 2.95. The fourth-order valence-electron chi connectivity index (χ4n) is 1.79. The molecule has 108 valence electrons. The van der Waals surface area contributed by atoms with Gasteiger partial charge in [0.05, 0.1) is 6.04 Å². The highest BCUT2D eigenvalue weighted by Crippen LogP contribution is 2.15. The Morgan fingerprint density at radius 2 is 2.15 bits per heavy atom. The van der Waals surface area contributed by atoms with E-state index in [2.05, 4.69) is 39.1 Å². The van der Waals surface area contributed by atoms with E-state index >= 15 is 0 Å². The Morgan fingerprint density at radius 3 is 2.75 bits per heavy atom. The molecule has 0 spiro atoms. The molecule has 0 saturated carbocycles. The molecule has 2 aromatic heterocycles. The predicted octanol–water partition coefficient (Wildman–Crippen LogP) is 0.162. The average molecular weight is 278 g/mol. The number of hydrogen-bond acceptors (Lipinski definition) is 7. The van der Waals surface area contributed by atoms with Crippen LogP contribution in [0.1, 0.15) is 25.7 Å². The fourth-order valence-corrected chi connectivity index (χ4v) is 1.79. The molecule has 0 fully saturated rings. The maximum atomic E-state index is 10.9. The van der Waals surface area contributed by atoms with Crippen LogP contribution in [0.5, 0.6) is 0 Å². The first-order chi connectivity index (χ1) is 9.63. The van der Waals surface area contributed by atoms with Gasteiger partial charge in [0.25, 0.3) is 11.4 Å². The van der Waals surface area contributed by atoms with Crippen LogP contribution in [-0.4, -0.2) is 44.9 Å². The second kappa shape index (κ2) is 6.40. The standard InChI is InChI=1S/C12H18N6O2/c1-3-18(4-2)7-8(13)11-14-12(20-17-11)9-5-6-10(19)16-15-9/h5-6,8H,3-4,7,13H2,1-2H3,(H,16,19). The highest BCUT2D eigenvalue weighted by Gasteiger charge is 2.18. The molecule has 2 heterocycles. The SMILES string of the molecule is CCN(CC)CC(N)c1noc(-c2ccc(=O)[nH]n2)n1. The number of aromatic nitrogens is 4. The molecule has 20 heavy (non-hydrogen) atoms. The first-order valence-electron chi connectivity index (χ1n) is 6.51. The van der Waals surface area contributed by atoms with Gasteiger partial charge in [0.2, 0.25) is 0 Å². The molecule has 0 radical (unpaired) electrons. The van der Waals surface area contributed by atoms with E-state index in [0.717, 1.165) is 13.1 Å². The molecule has 0 amide bonds. The molecule has 2 rings (SSSR count). The second-order valence-corrected chi connectivity index (χ2v) is 4.36. The van der Waals surface area contributed by atoms with E-state index in [1.165, 1.54) is 12.1 Å². The van der Waals surface area contributed by atoms with E-state index in [0.29, 0.717) is 18.1 Å². The van der Waals surface area contributed by atoms with Crippen molar-refractivity contribution in [1.29, 1.82) is 0 Å². The van der Waals surface area contributed by atoms with Crippen molar-refractivity contribution in [2.45, 2.75) is 19.9 Å². The van der Waals surface area contributed by atoms with Crippen molar-refractivity contribution in [2.24, 2.45) is 5.73 Å². The summed E-state index contributed by atoms with van der Waals surface area (Å²) in [5.74, 6) is 0.672. The Hall–Kier alpha value is -2.06. The molecule has 0 aliphatic rings. The number of nitrogens with two attached hydrogens (primary N) is 1. The lowest BCUT2D eigenvalue weighted by Crippen LogP contribution is -2.32. The lowest BCUT2D eigenvalue weighted by molar-refractivity contribution is 0.278. The number of nitrogens with one attached hydrogen (secondary N) is 1. The lowest BCUT2D eigenvalue weighted by Gasteiger charge is -2.20. The monoisotopic (exact) mass is 278 g/mol. The van der Waals surface area contributed by atoms with Gasteiger partial charge < -0.3 is 15.2 Å². The van der Waals surface area contributed by atoms with Gasteiger partial charge in [-0.25, -0.2) is 5.10 Å². The summed E-state index contributed by atoms with van der Waals surface area (Å²) in [5, 5.41) is 10.0. The van der Waals surface area contributed by atoms with E-state index in [-0.39, 0.29) is 17.5 Å². The van der Waals surface area contributed by atoms with Gasteiger partial charge >= 0.3 is 0 Å². The Labute approximate surface area is 116 Å². The number of rotatable bonds is 6. The van der Waals surface area contributed by atoms with E-state index in [1.807, 2.05) is 0 Å². The summed E-state index contributed by atoms with van der Waals surface area (Å²) in [4.78, 5) is 17.3. The highest BCUT2D eigenvalue weighted by molar-refractivity contribution is 5.44. The number of likely N-dealkylation sites (N-methyl/N-ethyl adjacent to an activating group) is 1. The molecular weight excluding hydrogens is 260 g/mol. The van der Waals surface area contributed by atoms with Gasteiger partial charge in [0.1, 0.15) is 5.69 Å². The molecule has 0 aromatic carbocycles. The topological polar surface area (TPSA) is 114 Å². The number of hydrogen-bond donors (Lipinski definition) is 2. The van der Waals surface area contributed by atoms with Gasteiger partial charge in [0.15, 0.2) is 5.82 Å². The first kappa shape index (κ1) is 14.4. The van der Waals surface area contributed by atoms with Crippen molar-refractivity contribution in [3.63, 3.8) is 0 Å². The summed E-state index contributed by atoms with van der Waals surface area (Å²) in [5.41, 5.74) is 6.19. The lowest BCUT2D eigenvalue weighted by atomic mass is 10.2. The maximum Gasteiger partial charge on any atom is 0.278 e. The van der Waals surface area contributed by atoms with Crippen LogP contribution in [0.3, 0.4) is 0 Å². The smallest absolute Gasteiger partial charge is 0.278 e. The molecule has 0 aliphatic carbocycles. The largest absolute Gasteiger partial charge is 0.332 e. The van der Waals surface area contributed by atoms with Crippen molar-refractivity contribution in [1.82, 2.24) is 25.2 Å². The van der Waals surface area contributed by atoms with Crippen LogP contribution in [0.4, 0.5) is 0 Å². The van der Waals surface area contributed by atoms with Crippen molar-refractivity contribution in [2.75, 3.05) is 19.6 Å². The quantitative estimate of drug-likeness (QED) is 0.773. The molecule has 8 heteroatoms. The zero-order chi connectivity index (χ0) is 14.5. The molecule has 0 aliphatic heterocycles. The molecule has 2 aromatic rings. The molecule has 1 unspecified atom stereocenters. The summed E-state index contributed by atoms with van der Waals surface area (Å²) in [6.45, 7) is 6.63. The van der Waals surface area contributed by atoms with Crippen LogP contribution in [0.2, 0.25) is 0 Å². The summed E-state index contributed by atoms with van der Waals surface area (Å²) in [7, 11) is 0. The summed E-state index contributed by atoms with van der Waals surface area (Å²) >= 11 is 0. The van der Waals surface area contributed by atoms with Crippen molar-refractivity contribution in [3.8, 4) is 11.6 Å². The van der Waals surface area contributed by atoms with Crippen LogP contribution in [0.15, 0.2) is 21.5 Å². The minimum absolute atomic E-state index is 0.242. The second-order valence-electron chi connectivity index (χ2n) is 4.36. The van der Waals surface area contributed by atoms with Crippen LogP contribution in [0.25, 0.3) is 11.6 Å². The van der Waals surface area contributed by atoms with Gasteiger partial charge in [-0.15, -0.1) is 0 Å². The first-order valence-corrected chi connectivity index (χ1v) is 6.51. The van der Waals surface area contributed by atoms with E-state index < -0.39 is 0 Å². The third-order valence-electron chi connectivity index (χ3n) is 3.02. The van der Waals surface area contributed by atoms with E-state index in [1.54, 1.807) is 0 Å². The third-order valence-corrected chi connectivity index (χ3v) is 3.02. The normalized spacial score (nSPS) is 12.8. The third kappa shape index (κ3) is 3.28. The number of nitrogens with zero attached hydrogens (tertiary/aromatic N) is 4. The van der Waals surface area contributed by atoms with Crippen LogP contribution < -0.4 is 11.3 Å². The molecular formula is C12H18N6O2. The molecule has 8 nitrogen and oxygen atoms in total. The Balaban J connectivity index is 2.12. The summed E-state index contributed by atoms with van der Waals surface area (Å²) in [6.07, 6.45) is 0. The molecule has 1 atom stereocenters. The van der Waals surface area contributed by atoms with Gasteiger partial charge in [-0.1, -0.05) is 19.0 Å². The Kier molecular flexibility index (Phi) is 4.59. The zero-order valence-electron chi connectivity index (χ0n) is 11.5. The minimum Gasteiger partial charge on any atom is -0.332 e. The van der Waals surface area contributed by atoms with E-state index in [4.69, 9.17) is 10.3 Å². The van der Waals surface area contributed by atoms with Gasteiger partial charge in [-0.2, -0.15) is 10.1 Å². The minimum atomic E-state index is -0.324. The van der Waals surface area contributed by atoms with Crippen molar-refractivity contribution in [3.05, 3.63) is 28.3 Å². The maximum absolute atomic E-state index is 10.9. The highest BCUT2D eigenvalue weighted by atomic mass is 16.5. The van der Waals surface area contributed by atoms with Gasteiger partial charge in [-0.05, 0) is 19.2 Å². The van der Waals surface area contributed by atoms with Crippen molar-refractivity contribution >= 4 is 0 Å². The van der Waals surface area contributed by atoms with E-state index in [9.17, 15) is 4.79 Å².